The van der Waals surface area contributed by atoms with Gasteiger partial charge in [-0.15, -0.1) is 0 Å². The van der Waals surface area contributed by atoms with Crippen LogP contribution < -0.4 is 5.32 Å². The minimum Gasteiger partial charge on any atom is -0.395 e. The third-order valence-electron chi connectivity index (χ3n) is 1.77. The number of halogens is 1. The first kappa shape index (κ1) is 10.4. The van der Waals surface area contributed by atoms with Gasteiger partial charge < -0.3 is 10.4 Å². The van der Waals surface area contributed by atoms with Gasteiger partial charge in [-0.2, -0.15) is 0 Å². The van der Waals surface area contributed by atoms with Gasteiger partial charge in [0, 0.05) is 25.0 Å². The summed E-state index contributed by atoms with van der Waals surface area (Å²) >= 11 is 5.89. The number of aromatic nitrogens is 1. The molecule has 1 rings (SSSR count). The maximum Gasteiger partial charge on any atom is 0.0634 e. The smallest absolute Gasteiger partial charge is 0.0634 e. The Morgan fingerprint density at radius 1 is 1.69 bits per heavy atom. The Balaban J connectivity index is 2.50. The maximum atomic E-state index is 8.77. The van der Waals surface area contributed by atoms with Crippen molar-refractivity contribution in [3.63, 3.8) is 0 Å². The largest absolute Gasteiger partial charge is 0.395 e. The van der Waals surface area contributed by atoms with Crippen molar-refractivity contribution in [1.29, 1.82) is 0 Å². The van der Waals surface area contributed by atoms with E-state index in [1.165, 1.54) is 0 Å². The Kier molecular flexibility index (Phi) is 4.15. The Bertz CT molecular complexity index is 268. The summed E-state index contributed by atoms with van der Waals surface area (Å²) < 4.78 is 0. The average molecular weight is 201 g/mol. The molecule has 4 heteroatoms. The highest BCUT2D eigenvalue weighted by Crippen LogP contribution is 2.12. The summed E-state index contributed by atoms with van der Waals surface area (Å²) in [7, 11) is 0. The van der Waals surface area contributed by atoms with Crippen molar-refractivity contribution >= 4 is 11.6 Å². The van der Waals surface area contributed by atoms with E-state index in [2.05, 4.69) is 10.3 Å². The van der Waals surface area contributed by atoms with Gasteiger partial charge in [0.15, 0.2) is 0 Å². The Labute approximate surface area is 82.8 Å². The van der Waals surface area contributed by atoms with Crippen LogP contribution in [0.25, 0.3) is 0 Å². The van der Waals surface area contributed by atoms with Crippen molar-refractivity contribution in [2.75, 3.05) is 6.61 Å². The van der Waals surface area contributed by atoms with Gasteiger partial charge in [-0.25, -0.2) is 0 Å². The first-order valence-corrected chi connectivity index (χ1v) is 4.54. The van der Waals surface area contributed by atoms with Gasteiger partial charge in [0.05, 0.1) is 11.6 Å². The highest BCUT2D eigenvalue weighted by molar-refractivity contribution is 6.31. The lowest BCUT2D eigenvalue weighted by Crippen LogP contribution is -2.28. The number of hydrogen-bond donors (Lipinski definition) is 2. The number of rotatable bonds is 4. The van der Waals surface area contributed by atoms with E-state index in [1.807, 2.05) is 13.0 Å². The minimum absolute atomic E-state index is 0.0873. The zero-order valence-electron chi connectivity index (χ0n) is 7.50. The van der Waals surface area contributed by atoms with E-state index in [9.17, 15) is 0 Å². The molecule has 0 spiro atoms. The van der Waals surface area contributed by atoms with Crippen LogP contribution in [0.5, 0.6) is 0 Å². The number of aliphatic hydroxyl groups is 1. The summed E-state index contributed by atoms with van der Waals surface area (Å²) in [6.07, 6.45) is 3.31. The summed E-state index contributed by atoms with van der Waals surface area (Å²) in [5, 5.41) is 12.6. The van der Waals surface area contributed by atoms with E-state index in [-0.39, 0.29) is 12.6 Å². The molecule has 0 saturated heterocycles. The molecule has 0 saturated carbocycles. The fourth-order valence-electron chi connectivity index (χ4n) is 0.896. The zero-order chi connectivity index (χ0) is 9.68. The Morgan fingerprint density at radius 2 is 2.46 bits per heavy atom. The molecule has 0 aromatic carbocycles. The van der Waals surface area contributed by atoms with Crippen molar-refractivity contribution in [2.24, 2.45) is 0 Å². The molecule has 1 atom stereocenters. The van der Waals surface area contributed by atoms with Gasteiger partial charge in [-0.05, 0) is 18.6 Å². The quantitative estimate of drug-likeness (QED) is 0.768. The van der Waals surface area contributed by atoms with Gasteiger partial charge >= 0.3 is 0 Å². The number of pyridine rings is 1. The van der Waals surface area contributed by atoms with Gasteiger partial charge in [-0.1, -0.05) is 11.6 Å². The molecule has 0 fully saturated rings. The SMILES string of the molecule is CC(CO)NCc1ccncc1Cl. The Morgan fingerprint density at radius 3 is 3.08 bits per heavy atom. The second kappa shape index (κ2) is 5.17. The molecule has 0 radical (unpaired) electrons. The number of hydrogen-bond acceptors (Lipinski definition) is 3. The first-order chi connectivity index (χ1) is 6.24. The molecule has 1 heterocycles. The zero-order valence-corrected chi connectivity index (χ0v) is 8.25. The van der Waals surface area contributed by atoms with E-state index in [4.69, 9.17) is 16.7 Å². The first-order valence-electron chi connectivity index (χ1n) is 4.16. The molecule has 0 aliphatic carbocycles. The van der Waals surface area contributed by atoms with Gasteiger partial charge in [0.25, 0.3) is 0 Å². The molecule has 0 bridgehead atoms. The molecular formula is C9H13ClN2O. The summed E-state index contributed by atoms with van der Waals surface area (Å²) in [5.74, 6) is 0. The minimum atomic E-state index is 0.0873. The van der Waals surface area contributed by atoms with E-state index in [0.717, 1.165) is 5.56 Å². The lowest BCUT2D eigenvalue weighted by molar-refractivity contribution is 0.251. The van der Waals surface area contributed by atoms with Crippen molar-refractivity contribution in [1.82, 2.24) is 10.3 Å². The summed E-state index contributed by atoms with van der Waals surface area (Å²) in [4.78, 5) is 3.88. The Hall–Kier alpha value is -0.640. The van der Waals surface area contributed by atoms with Crippen LogP contribution in [0.2, 0.25) is 5.02 Å². The third-order valence-corrected chi connectivity index (χ3v) is 2.11. The molecule has 1 aromatic heterocycles. The van der Waals surface area contributed by atoms with E-state index < -0.39 is 0 Å². The topological polar surface area (TPSA) is 45.1 Å². The number of aliphatic hydroxyl groups excluding tert-OH is 1. The molecule has 72 valence electrons. The highest BCUT2D eigenvalue weighted by Gasteiger charge is 2.01. The van der Waals surface area contributed by atoms with Crippen molar-refractivity contribution in [2.45, 2.75) is 19.5 Å². The van der Waals surface area contributed by atoms with Gasteiger partial charge in [0.2, 0.25) is 0 Å². The third kappa shape index (κ3) is 3.30. The summed E-state index contributed by atoms with van der Waals surface area (Å²) in [6, 6.07) is 1.95. The van der Waals surface area contributed by atoms with Crippen LogP contribution in [0, 0.1) is 0 Å². The molecule has 0 aliphatic heterocycles. The predicted octanol–water partition coefficient (Wildman–Crippen LogP) is 1.21. The van der Waals surface area contributed by atoms with Crippen molar-refractivity contribution in [3.05, 3.63) is 29.0 Å². The van der Waals surface area contributed by atoms with E-state index in [1.54, 1.807) is 12.4 Å². The number of nitrogens with one attached hydrogen (secondary N) is 1. The number of nitrogens with zero attached hydrogens (tertiary/aromatic N) is 1. The molecule has 0 aliphatic rings. The lowest BCUT2D eigenvalue weighted by Gasteiger charge is -2.10. The fraction of sp³-hybridized carbons (Fsp3) is 0.444. The second-order valence-electron chi connectivity index (χ2n) is 2.93. The van der Waals surface area contributed by atoms with Crippen LogP contribution in [0.15, 0.2) is 18.5 Å². The van der Waals surface area contributed by atoms with Crippen LogP contribution in [0.3, 0.4) is 0 Å². The molecule has 2 N–H and O–H groups in total. The van der Waals surface area contributed by atoms with Crippen LogP contribution in [0.4, 0.5) is 0 Å². The molecular weight excluding hydrogens is 188 g/mol. The van der Waals surface area contributed by atoms with E-state index in [0.29, 0.717) is 11.6 Å². The maximum absolute atomic E-state index is 8.77. The van der Waals surface area contributed by atoms with Crippen LogP contribution >= 0.6 is 11.6 Å². The average Bonchev–Trinajstić information content (AvgIpc) is 2.16. The van der Waals surface area contributed by atoms with Crippen LogP contribution in [-0.4, -0.2) is 22.7 Å². The summed E-state index contributed by atoms with van der Waals surface area (Å²) in [6.45, 7) is 2.70. The second-order valence-corrected chi connectivity index (χ2v) is 3.34. The molecule has 1 aromatic rings. The molecule has 1 unspecified atom stereocenters. The van der Waals surface area contributed by atoms with Crippen LogP contribution in [0.1, 0.15) is 12.5 Å². The van der Waals surface area contributed by atoms with Crippen molar-refractivity contribution < 1.29 is 5.11 Å². The molecule has 3 nitrogen and oxygen atoms in total. The van der Waals surface area contributed by atoms with Gasteiger partial charge in [0.1, 0.15) is 0 Å². The van der Waals surface area contributed by atoms with E-state index >= 15 is 0 Å². The highest BCUT2D eigenvalue weighted by atomic mass is 35.5. The fourth-order valence-corrected chi connectivity index (χ4v) is 1.08. The lowest BCUT2D eigenvalue weighted by atomic mass is 10.2. The van der Waals surface area contributed by atoms with Crippen molar-refractivity contribution in [3.8, 4) is 0 Å². The molecule has 0 amide bonds. The van der Waals surface area contributed by atoms with Crippen LogP contribution in [-0.2, 0) is 6.54 Å². The molecule has 13 heavy (non-hydrogen) atoms. The van der Waals surface area contributed by atoms with Gasteiger partial charge in [-0.3, -0.25) is 4.98 Å². The normalized spacial score (nSPS) is 12.8. The standard InChI is InChI=1S/C9H13ClN2O/c1-7(6-13)12-4-8-2-3-11-5-9(8)10/h2-3,5,7,12-13H,4,6H2,1H3. The predicted molar refractivity (Wildman–Crippen MR) is 52.6 cm³/mol. The monoisotopic (exact) mass is 200 g/mol. The summed E-state index contributed by atoms with van der Waals surface area (Å²) in [5.41, 5.74) is 0.997.